The molecule has 2 amide bonds. The van der Waals surface area contributed by atoms with E-state index in [1.54, 1.807) is 17.0 Å². The second kappa shape index (κ2) is 8.87. The van der Waals surface area contributed by atoms with Crippen LogP contribution in [0.2, 0.25) is 0 Å². The van der Waals surface area contributed by atoms with E-state index in [0.29, 0.717) is 36.0 Å². The Bertz CT molecular complexity index is 938. The van der Waals surface area contributed by atoms with Crippen molar-refractivity contribution in [1.82, 2.24) is 14.9 Å². The molecule has 0 bridgehead atoms. The van der Waals surface area contributed by atoms with Crippen molar-refractivity contribution in [2.45, 2.75) is 38.8 Å². The summed E-state index contributed by atoms with van der Waals surface area (Å²) in [4.78, 5) is 31.6. The Balaban J connectivity index is 1.43. The molecule has 2 aliphatic rings. The molecule has 31 heavy (non-hydrogen) atoms. The van der Waals surface area contributed by atoms with E-state index in [1.807, 2.05) is 6.20 Å². The topological polar surface area (TPSA) is 94.9 Å². The molecule has 1 fully saturated rings. The van der Waals surface area contributed by atoms with Gasteiger partial charge in [-0.2, -0.15) is 0 Å². The highest BCUT2D eigenvalue weighted by atomic mass is 16.5. The predicted octanol–water partition coefficient (Wildman–Crippen LogP) is 1.91. The SMILES string of the molecule is COc1cc(N2CC(C(=O)NCc3cn4c(n3)CCCC4)CC2=O)cc(OC)c1OC. The van der Waals surface area contributed by atoms with Gasteiger partial charge in [-0.1, -0.05) is 0 Å². The second-order valence-electron chi connectivity index (χ2n) is 7.81. The van der Waals surface area contributed by atoms with Gasteiger partial charge in [0.15, 0.2) is 11.5 Å². The Morgan fingerprint density at radius 3 is 2.55 bits per heavy atom. The van der Waals surface area contributed by atoms with Crippen LogP contribution in [0.5, 0.6) is 17.2 Å². The molecule has 0 radical (unpaired) electrons. The summed E-state index contributed by atoms with van der Waals surface area (Å²) in [5.74, 6) is 1.77. The van der Waals surface area contributed by atoms with Crippen LogP contribution >= 0.6 is 0 Å². The highest BCUT2D eigenvalue weighted by Crippen LogP contribution is 2.42. The average molecular weight is 428 g/mol. The number of aromatic nitrogens is 2. The van der Waals surface area contributed by atoms with Gasteiger partial charge >= 0.3 is 0 Å². The highest BCUT2D eigenvalue weighted by molar-refractivity contribution is 6.00. The van der Waals surface area contributed by atoms with Gasteiger partial charge in [-0.05, 0) is 12.8 Å². The molecule has 0 aliphatic carbocycles. The van der Waals surface area contributed by atoms with Gasteiger partial charge in [0.2, 0.25) is 17.6 Å². The molecule has 9 heteroatoms. The molecule has 1 aromatic heterocycles. The Kier molecular flexibility index (Phi) is 6.01. The van der Waals surface area contributed by atoms with E-state index in [0.717, 1.165) is 37.3 Å². The van der Waals surface area contributed by atoms with Crippen LogP contribution in [-0.4, -0.2) is 49.2 Å². The number of carbonyl (C=O) groups excluding carboxylic acids is 2. The number of ether oxygens (including phenoxy) is 3. The van der Waals surface area contributed by atoms with E-state index >= 15 is 0 Å². The molecule has 2 aromatic rings. The lowest BCUT2D eigenvalue weighted by atomic mass is 10.1. The first-order chi connectivity index (χ1) is 15.0. The zero-order chi connectivity index (χ0) is 22.0. The van der Waals surface area contributed by atoms with Crippen LogP contribution in [0.4, 0.5) is 5.69 Å². The number of hydrogen-bond donors (Lipinski definition) is 1. The van der Waals surface area contributed by atoms with Crippen molar-refractivity contribution in [2.75, 3.05) is 32.8 Å². The van der Waals surface area contributed by atoms with Crippen LogP contribution in [0.25, 0.3) is 0 Å². The molecule has 1 saturated heterocycles. The van der Waals surface area contributed by atoms with E-state index in [9.17, 15) is 9.59 Å². The summed E-state index contributed by atoms with van der Waals surface area (Å²) in [5.41, 5.74) is 1.47. The van der Waals surface area contributed by atoms with Crippen molar-refractivity contribution in [1.29, 1.82) is 0 Å². The van der Waals surface area contributed by atoms with Crippen molar-refractivity contribution >= 4 is 17.5 Å². The number of methoxy groups -OCH3 is 3. The molecular formula is C22H28N4O5. The van der Waals surface area contributed by atoms with Crippen molar-refractivity contribution < 1.29 is 23.8 Å². The first kappa shape index (κ1) is 21.0. The quantitative estimate of drug-likeness (QED) is 0.724. The fourth-order valence-corrected chi connectivity index (χ4v) is 4.23. The van der Waals surface area contributed by atoms with E-state index in [1.165, 1.54) is 21.3 Å². The van der Waals surface area contributed by atoms with Crippen LogP contribution in [0.3, 0.4) is 0 Å². The third-order valence-corrected chi connectivity index (χ3v) is 5.86. The number of amides is 2. The summed E-state index contributed by atoms with van der Waals surface area (Å²) in [5, 5.41) is 2.94. The minimum atomic E-state index is -0.427. The lowest BCUT2D eigenvalue weighted by molar-refractivity contribution is -0.126. The summed E-state index contributed by atoms with van der Waals surface area (Å²) in [6.45, 7) is 1.65. The molecule has 3 heterocycles. The first-order valence-electron chi connectivity index (χ1n) is 10.5. The van der Waals surface area contributed by atoms with Crippen LogP contribution < -0.4 is 24.4 Å². The third kappa shape index (κ3) is 4.17. The number of aryl methyl sites for hydroxylation is 2. The maximum atomic E-state index is 12.7. The number of hydrogen-bond acceptors (Lipinski definition) is 6. The smallest absolute Gasteiger partial charge is 0.227 e. The molecule has 1 unspecified atom stereocenters. The van der Waals surface area contributed by atoms with Crippen molar-refractivity contribution in [2.24, 2.45) is 5.92 Å². The zero-order valence-corrected chi connectivity index (χ0v) is 18.1. The van der Waals surface area contributed by atoms with Gasteiger partial charge in [0.05, 0.1) is 45.2 Å². The van der Waals surface area contributed by atoms with Crippen molar-refractivity contribution in [3.63, 3.8) is 0 Å². The van der Waals surface area contributed by atoms with E-state index in [2.05, 4.69) is 14.9 Å². The maximum Gasteiger partial charge on any atom is 0.227 e. The van der Waals surface area contributed by atoms with Gasteiger partial charge in [-0.15, -0.1) is 0 Å². The van der Waals surface area contributed by atoms with Crippen LogP contribution in [-0.2, 0) is 29.1 Å². The van der Waals surface area contributed by atoms with E-state index in [4.69, 9.17) is 14.2 Å². The summed E-state index contributed by atoms with van der Waals surface area (Å²) in [7, 11) is 4.58. The Morgan fingerprint density at radius 2 is 1.90 bits per heavy atom. The first-order valence-corrected chi connectivity index (χ1v) is 10.5. The normalized spacial score (nSPS) is 18.0. The fourth-order valence-electron chi connectivity index (χ4n) is 4.23. The maximum absolute atomic E-state index is 12.7. The number of benzene rings is 1. The van der Waals surface area contributed by atoms with Gasteiger partial charge in [0, 0.05) is 44.3 Å². The minimum Gasteiger partial charge on any atom is -0.493 e. The number of rotatable bonds is 7. The van der Waals surface area contributed by atoms with Crippen LogP contribution in [0.1, 0.15) is 30.8 Å². The van der Waals surface area contributed by atoms with Gasteiger partial charge in [0.1, 0.15) is 5.82 Å². The highest BCUT2D eigenvalue weighted by Gasteiger charge is 2.36. The number of anilines is 1. The summed E-state index contributed by atoms with van der Waals surface area (Å²) in [6, 6.07) is 3.43. The van der Waals surface area contributed by atoms with Gasteiger partial charge < -0.3 is 29.0 Å². The van der Waals surface area contributed by atoms with Crippen LogP contribution in [0, 0.1) is 5.92 Å². The average Bonchev–Trinajstić information content (AvgIpc) is 3.39. The summed E-state index contributed by atoms with van der Waals surface area (Å²) < 4.78 is 18.3. The van der Waals surface area contributed by atoms with E-state index in [-0.39, 0.29) is 18.2 Å². The molecule has 9 nitrogen and oxygen atoms in total. The summed E-state index contributed by atoms with van der Waals surface area (Å²) in [6.07, 6.45) is 5.47. The summed E-state index contributed by atoms with van der Waals surface area (Å²) >= 11 is 0. The van der Waals surface area contributed by atoms with Crippen LogP contribution in [0.15, 0.2) is 18.3 Å². The lowest BCUT2D eigenvalue weighted by Gasteiger charge is -2.20. The Labute approximate surface area is 181 Å². The number of nitrogens with one attached hydrogen (secondary N) is 1. The second-order valence-corrected chi connectivity index (χ2v) is 7.81. The number of fused-ring (bicyclic) bond motifs is 1. The molecule has 166 valence electrons. The third-order valence-electron chi connectivity index (χ3n) is 5.86. The van der Waals surface area contributed by atoms with Crippen molar-refractivity contribution in [3.8, 4) is 17.2 Å². The molecule has 4 rings (SSSR count). The number of imidazole rings is 1. The Hall–Kier alpha value is -3.23. The minimum absolute atomic E-state index is 0.119. The molecule has 1 N–H and O–H groups in total. The lowest BCUT2D eigenvalue weighted by Crippen LogP contribution is -2.32. The van der Waals surface area contributed by atoms with Gasteiger partial charge in [-0.3, -0.25) is 9.59 Å². The fraction of sp³-hybridized carbons (Fsp3) is 0.500. The molecule has 0 spiro atoms. The number of carbonyl (C=O) groups is 2. The van der Waals surface area contributed by atoms with E-state index < -0.39 is 5.92 Å². The predicted molar refractivity (Wildman–Crippen MR) is 114 cm³/mol. The standard InChI is InChI=1S/C22H28N4O5/c1-29-17-9-16(10-18(30-2)21(17)31-3)26-12-14(8-20(26)27)22(28)23-11-15-13-25-7-5-4-6-19(25)24-15/h9-10,13-14H,4-8,11-12H2,1-3H3,(H,23,28). The van der Waals surface area contributed by atoms with Gasteiger partial charge in [-0.25, -0.2) is 4.98 Å². The monoisotopic (exact) mass is 428 g/mol. The zero-order valence-electron chi connectivity index (χ0n) is 18.1. The van der Waals surface area contributed by atoms with Gasteiger partial charge in [0.25, 0.3) is 0 Å². The largest absolute Gasteiger partial charge is 0.493 e. The molecule has 2 aliphatic heterocycles. The Morgan fingerprint density at radius 1 is 1.16 bits per heavy atom. The molecule has 1 atom stereocenters. The molecular weight excluding hydrogens is 400 g/mol. The molecule has 1 aromatic carbocycles. The number of nitrogens with zero attached hydrogens (tertiary/aromatic N) is 3. The molecule has 0 saturated carbocycles. The van der Waals surface area contributed by atoms with Crippen molar-refractivity contribution in [3.05, 3.63) is 29.8 Å².